The standard InChI is InChI=1S/C22H30N4O/c1-17(2)21(19-8-5-4-6-9-19)24-22(27)26-13-7-12-25(14-15-26)20-10-11-23-18(3)16-20/h4-6,8-11,16-17,21H,7,12-15H2,1-3H3,(H,24,27). The van der Waals surface area contributed by atoms with Crippen molar-refractivity contribution in [2.45, 2.75) is 33.2 Å². The molecule has 0 radical (unpaired) electrons. The number of pyridine rings is 1. The average Bonchev–Trinajstić information content (AvgIpc) is 2.93. The zero-order valence-electron chi connectivity index (χ0n) is 16.6. The molecule has 1 aromatic carbocycles. The third-order valence-electron chi connectivity index (χ3n) is 5.13. The molecule has 0 spiro atoms. The number of nitrogens with zero attached hydrogens (tertiary/aromatic N) is 3. The molecule has 0 bridgehead atoms. The van der Waals surface area contributed by atoms with Crippen LogP contribution in [-0.4, -0.2) is 42.1 Å². The van der Waals surface area contributed by atoms with E-state index in [1.807, 2.05) is 42.3 Å². The van der Waals surface area contributed by atoms with Crippen molar-refractivity contribution in [3.8, 4) is 0 Å². The largest absolute Gasteiger partial charge is 0.370 e. The maximum atomic E-state index is 12.9. The van der Waals surface area contributed by atoms with Gasteiger partial charge in [-0.3, -0.25) is 4.98 Å². The van der Waals surface area contributed by atoms with Crippen LogP contribution in [0.15, 0.2) is 48.7 Å². The lowest BCUT2D eigenvalue weighted by molar-refractivity contribution is 0.193. The molecule has 5 nitrogen and oxygen atoms in total. The molecule has 2 heterocycles. The van der Waals surface area contributed by atoms with E-state index < -0.39 is 0 Å². The van der Waals surface area contributed by atoms with Gasteiger partial charge < -0.3 is 15.1 Å². The van der Waals surface area contributed by atoms with Crippen molar-refractivity contribution in [2.75, 3.05) is 31.1 Å². The van der Waals surface area contributed by atoms with Gasteiger partial charge >= 0.3 is 6.03 Å². The van der Waals surface area contributed by atoms with E-state index in [0.717, 1.165) is 43.9 Å². The molecule has 1 fully saturated rings. The molecular formula is C22H30N4O. The molecule has 1 aliphatic heterocycles. The Morgan fingerprint density at radius 2 is 1.85 bits per heavy atom. The molecule has 144 valence electrons. The van der Waals surface area contributed by atoms with Gasteiger partial charge in [0.25, 0.3) is 0 Å². The first-order chi connectivity index (χ1) is 13.0. The molecule has 3 rings (SSSR count). The number of urea groups is 1. The molecule has 1 N–H and O–H groups in total. The first-order valence-corrected chi connectivity index (χ1v) is 9.82. The van der Waals surface area contributed by atoms with Gasteiger partial charge in [0, 0.05) is 43.8 Å². The molecule has 1 aliphatic rings. The number of nitrogens with one attached hydrogen (secondary N) is 1. The van der Waals surface area contributed by atoms with Crippen LogP contribution in [0.25, 0.3) is 0 Å². The summed E-state index contributed by atoms with van der Waals surface area (Å²) in [6.07, 6.45) is 2.82. The lowest BCUT2D eigenvalue weighted by Crippen LogP contribution is -2.44. The van der Waals surface area contributed by atoms with Crippen LogP contribution in [0.4, 0.5) is 10.5 Å². The molecule has 1 aromatic heterocycles. The Morgan fingerprint density at radius 1 is 1.07 bits per heavy atom. The summed E-state index contributed by atoms with van der Waals surface area (Å²) in [5.41, 5.74) is 3.37. The van der Waals surface area contributed by atoms with Gasteiger partial charge in [0.2, 0.25) is 0 Å². The minimum absolute atomic E-state index is 0.0286. The molecule has 0 aliphatic carbocycles. The second-order valence-electron chi connectivity index (χ2n) is 7.56. The van der Waals surface area contributed by atoms with Crippen molar-refractivity contribution in [1.82, 2.24) is 15.2 Å². The van der Waals surface area contributed by atoms with Crippen LogP contribution in [0.3, 0.4) is 0 Å². The Balaban J connectivity index is 1.63. The summed E-state index contributed by atoms with van der Waals surface area (Å²) in [7, 11) is 0. The highest BCUT2D eigenvalue weighted by molar-refractivity contribution is 5.75. The van der Waals surface area contributed by atoms with Crippen LogP contribution in [0.2, 0.25) is 0 Å². The Morgan fingerprint density at radius 3 is 2.56 bits per heavy atom. The van der Waals surface area contributed by atoms with Crippen molar-refractivity contribution in [2.24, 2.45) is 5.92 Å². The van der Waals surface area contributed by atoms with E-state index in [9.17, 15) is 4.79 Å². The van der Waals surface area contributed by atoms with Gasteiger partial charge in [0.05, 0.1) is 6.04 Å². The van der Waals surface area contributed by atoms with E-state index >= 15 is 0 Å². The summed E-state index contributed by atoms with van der Waals surface area (Å²) < 4.78 is 0. The van der Waals surface area contributed by atoms with Crippen LogP contribution in [0.5, 0.6) is 0 Å². The molecule has 1 saturated heterocycles. The van der Waals surface area contributed by atoms with Gasteiger partial charge in [0.1, 0.15) is 0 Å². The van der Waals surface area contributed by atoms with E-state index in [2.05, 4.69) is 47.2 Å². The topological polar surface area (TPSA) is 48.5 Å². The lowest BCUT2D eigenvalue weighted by Gasteiger charge is -2.28. The summed E-state index contributed by atoms with van der Waals surface area (Å²) in [6, 6.07) is 14.4. The maximum absolute atomic E-state index is 12.9. The number of aromatic nitrogens is 1. The highest BCUT2D eigenvalue weighted by Crippen LogP contribution is 2.22. The smallest absolute Gasteiger partial charge is 0.317 e. The molecule has 0 saturated carbocycles. The fraction of sp³-hybridized carbons (Fsp3) is 0.455. The fourth-order valence-electron chi connectivity index (χ4n) is 3.63. The van der Waals surface area contributed by atoms with Crippen LogP contribution in [0, 0.1) is 12.8 Å². The second kappa shape index (κ2) is 8.89. The Kier molecular flexibility index (Phi) is 6.32. The van der Waals surface area contributed by atoms with Gasteiger partial charge in [-0.15, -0.1) is 0 Å². The molecule has 1 atom stereocenters. The summed E-state index contributed by atoms with van der Waals surface area (Å²) >= 11 is 0. The summed E-state index contributed by atoms with van der Waals surface area (Å²) in [5, 5.41) is 3.25. The van der Waals surface area contributed by atoms with Crippen molar-refractivity contribution < 1.29 is 4.79 Å². The lowest BCUT2D eigenvalue weighted by atomic mass is 9.96. The van der Waals surface area contributed by atoms with Gasteiger partial charge in [0.15, 0.2) is 0 Å². The SMILES string of the molecule is Cc1cc(N2CCCN(C(=O)NC(c3ccccc3)C(C)C)CC2)ccn1. The number of rotatable bonds is 4. The van der Waals surface area contributed by atoms with Crippen molar-refractivity contribution in [3.63, 3.8) is 0 Å². The van der Waals surface area contributed by atoms with Gasteiger partial charge in [-0.05, 0) is 37.0 Å². The number of amides is 2. The summed E-state index contributed by atoms with van der Waals surface area (Å²) in [4.78, 5) is 21.5. The van der Waals surface area contributed by atoms with Gasteiger partial charge in [-0.2, -0.15) is 0 Å². The van der Waals surface area contributed by atoms with E-state index in [1.165, 1.54) is 5.69 Å². The fourth-order valence-corrected chi connectivity index (χ4v) is 3.63. The average molecular weight is 367 g/mol. The first-order valence-electron chi connectivity index (χ1n) is 9.82. The van der Waals surface area contributed by atoms with Crippen molar-refractivity contribution >= 4 is 11.7 Å². The zero-order valence-corrected chi connectivity index (χ0v) is 16.6. The predicted octanol–water partition coefficient (Wildman–Crippen LogP) is 4.01. The number of anilines is 1. The van der Waals surface area contributed by atoms with Gasteiger partial charge in [-0.1, -0.05) is 44.2 Å². The van der Waals surface area contributed by atoms with Gasteiger partial charge in [-0.25, -0.2) is 4.79 Å². The van der Waals surface area contributed by atoms with E-state index in [1.54, 1.807) is 0 Å². The molecule has 2 amide bonds. The molecule has 5 heteroatoms. The highest BCUT2D eigenvalue weighted by atomic mass is 16.2. The highest BCUT2D eigenvalue weighted by Gasteiger charge is 2.24. The van der Waals surface area contributed by atoms with E-state index in [4.69, 9.17) is 0 Å². The first kappa shape index (κ1) is 19.2. The predicted molar refractivity (Wildman–Crippen MR) is 110 cm³/mol. The maximum Gasteiger partial charge on any atom is 0.317 e. The van der Waals surface area contributed by atoms with Crippen LogP contribution >= 0.6 is 0 Å². The van der Waals surface area contributed by atoms with E-state index in [0.29, 0.717) is 5.92 Å². The Hall–Kier alpha value is -2.56. The van der Waals surface area contributed by atoms with Crippen LogP contribution in [0.1, 0.15) is 37.6 Å². The normalized spacial score (nSPS) is 16.1. The number of hydrogen-bond donors (Lipinski definition) is 1. The quantitative estimate of drug-likeness (QED) is 0.889. The number of hydrogen-bond acceptors (Lipinski definition) is 3. The number of benzene rings is 1. The van der Waals surface area contributed by atoms with Crippen molar-refractivity contribution in [3.05, 3.63) is 59.9 Å². The number of aryl methyl sites for hydroxylation is 1. The minimum Gasteiger partial charge on any atom is -0.370 e. The van der Waals surface area contributed by atoms with E-state index in [-0.39, 0.29) is 12.1 Å². The minimum atomic E-state index is 0.0286. The monoisotopic (exact) mass is 366 g/mol. The van der Waals surface area contributed by atoms with Crippen LogP contribution < -0.4 is 10.2 Å². The Bertz CT molecular complexity index is 747. The molecule has 2 aromatic rings. The summed E-state index contributed by atoms with van der Waals surface area (Å²) in [6.45, 7) is 9.62. The van der Waals surface area contributed by atoms with Crippen LogP contribution in [-0.2, 0) is 0 Å². The molecular weight excluding hydrogens is 336 g/mol. The third kappa shape index (κ3) is 5.00. The zero-order chi connectivity index (χ0) is 19.2. The Labute approximate surface area is 162 Å². The number of carbonyl (C=O) groups is 1. The molecule has 27 heavy (non-hydrogen) atoms. The second-order valence-corrected chi connectivity index (χ2v) is 7.56. The summed E-state index contributed by atoms with van der Waals surface area (Å²) in [5.74, 6) is 0.333. The van der Waals surface area contributed by atoms with Crippen molar-refractivity contribution in [1.29, 1.82) is 0 Å². The third-order valence-corrected chi connectivity index (χ3v) is 5.13. The number of carbonyl (C=O) groups excluding carboxylic acids is 1. The molecule has 1 unspecified atom stereocenters.